The molecule has 14 heavy (non-hydrogen) atoms. The lowest BCUT2D eigenvalue weighted by atomic mass is 9.85. The van der Waals surface area contributed by atoms with E-state index in [1.807, 2.05) is 11.8 Å². The van der Waals surface area contributed by atoms with E-state index in [4.69, 9.17) is 0 Å². The summed E-state index contributed by atoms with van der Waals surface area (Å²) in [6, 6.07) is 0.290. The van der Waals surface area contributed by atoms with E-state index in [9.17, 15) is 9.59 Å². The lowest BCUT2D eigenvalue weighted by Crippen LogP contribution is -2.37. The maximum Gasteiger partial charge on any atom is 0.209 e. The van der Waals surface area contributed by atoms with Crippen LogP contribution in [-0.4, -0.2) is 30.2 Å². The molecule has 2 unspecified atom stereocenters. The van der Waals surface area contributed by atoms with Gasteiger partial charge in [-0.1, -0.05) is 20.3 Å². The van der Waals surface area contributed by atoms with Crippen molar-refractivity contribution in [2.24, 2.45) is 11.8 Å². The Morgan fingerprint density at radius 2 is 2.21 bits per heavy atom. The van der Waals surface area contributed by atoms with E-state index in [-0.39, 0.29) is 12.0 Å². The number of amides is 1. The van der Waals surface area contributed by atoms with E-state index in [0.29, 0.717) is 5.92 Å². The number of rotatable bonds is 5. The number of carbonyl (C=O) groups is 2. The monoisotopic (exact) mass is 197 g/mol. The molecular formula is C11H19NO2. The molecule has 3 heteroatoms. The minimum absolute atomic E-state index is 0.0607. The molecule has 3 atom stereocenters. The molecule has 0 aromatic heterocycles. The molecule has 3 nitrogen and oxygen atoms in total. The van der Waals surface area contributed by atoms with Gasteiger partial charge in [0, 0.05) is 18.5 Å². The van der Waals surface area contributed by atoms with Crippen molar-refractivity contribution in [3.63, 3.8) is 0 Å². The largest absolute Gasteiger partial charge is 0.342 e. The summed E-state index contributed by atoms with van der Waals surface area (Å²) in [4.78, 5) is 23.4. The zero-order valence-electron chi connectivity index (χ0n) is 8.98. The fraction of sp³-hybridized carbons (Fsp3) is 0.818. The standard InChI is InChI=1S/C11H19NO2/c1-3-10(9(2)7-13)11-5-4-6-12(11)8-14/h7-11H,3-6H2,1-2H3/t9?,10-,11?/m1/s1. The molecule has 0 aliphatic carbocycles. The summed E-state index contributed by atoms with van der Waals surface area (Å²) in [7, 11) is 0. The zero-order chi connectivity index (χ0) is 10.6. The van der Waals surface area contributed by atoms with Crippen molar-refractivity contribution in [2.45, 2.75) is 39.2 Å². The van der Waals surface area contributed by atoms with Crippen LogP contribution in [0.25, 0.3) is 0 Å². The van der Waals surface area contributed by atoms with Crippen molar-refractivity contribution in [1.82, 2.24) is 4.90 Å². The predicted octanol–water partition coefficient (Wildman–Crippen LogP) is 1.47. The van der Waals surface area contributed by atoms with Crippen LogP contribution in [0.15, 0.2) is 0 Å². The molecule has 1 amide bonds. The molecule has 1 rings (SSSR count). The molecule has 1 aliphatic heterocycles. The second-order valence-electron chi connectivity index (χ2n) is 4.12. The highest BCUT2D eigenvalue weighted by Gasteiger charge is 2.32. The molecule has 1 heterocycles. The molecular weight excluding hydrogens is 178 g/mol. The maximum atomic E-state index is 10.8. The molecule has 0 N–H and O–H groups in total. The summed E-state index contributed by atoms with van der Waals surface area (Å²) in [5.74, 6) is 0.394. The second-order valence-corrected chi connectivity index (χ2v) is 4.12. The van der Waals surface area contributed by atoms with Crippen LogP contribution in [0.4, 0.5) is 0 Å². The van der Waals surface area contributed by atoms with Gasteiger partial charge < -0.3 is 9.69 Å². The average molecular weight is 197 g/mol. The van der Waals surface area contributed by atoms with E-state index in [0.717, 1.165) is 38.5 Å². The summed E-state index contributed by atoms with van der Waals surface area (Å²) in [5.41, 5.74) is 0. The van der Waals surface area contributed by atoms with Gasteiger partial charge in [-0.25, -0.2) is 0 Å². The Morgan fingerprint density at radius 3 is 2.71 bits per heavy atom. The Hall–Kier alpha value is -0.860. The molecule has 0 aromatic rings. The van der Waals surface area contributed by atoms with Gasteiger partial charge in [0.2, 0.25) is 6.41 Å². The highest BCUT2D eigenvalue weighted by molar-refractivity contribution is 5.54. The highest BCUT2D eigenvalue weighted by atomic mass is 16.1. The average Bonchev–Trinajstić information content (AvgIpc) is 2.66. The Balaban J connectivity index is 2.67. The first-order valence-corrected chi connectivity index (χ1v) is 5.40. The van der Waals surface area contributed by atoms with Crippen LogP contribution in [0.5, 0.6) is 0 Å². The SMILES string of the molecule is CC[C@H](C(C)C=O)C1CCCN1C=O. The summed E-state index contributed by atoms with van der Waals surface area (Å²) >= 11 is 0. The third-order valence-electron chi connectivity index (χ3n) is 3.33. The van der Waals surface area contributed by atoms with Crippen molar-refractivity contribution >= 4 is 12.7 Å². The molecule has 0 aromatic carbocycles. The lowest BCUT2D eigenvalue weighted by Gasteiger charge is -2.30. The van der Waals surface area contributed by atoms with Crippen molar-refractivity contribution in [2.75, 3.05) is 6.54 Å². The van der Waals surface area contributed by atoms with Gasteiger partial charge in [-0.3, -0.25) is 4.79 Å². The number of carbonyl (C=O) groups excluding carboxylic acids is 2. The van der Waals surface area contributed by atoms with Crippen LogP contribution >= 0.6 is 0 Å². The first-order chi connectivity index (χ1) is 6.74. The second kappa shape index (κ2) is 5.13. The number of aldehydes is 1. The Bertz CT molecular complexity index is 205. The minimum atomic E-state index is 0.0607. The van der Waals surface area contributed by atoms with Crippen molar-refractivity contribution < 1.29 is 9.59 Å². The van der Waals surface area contributed by atoms with Crippen molar-refractivity contribution in [3.8, 4) is 0 Å². The minimum Gasteiger partial charge on any atom is -0.342 e. The van der Waals surface area contributed by atoms with E-state index in [1.165, 1.54) is 0 Å². The van der Waals surface area contributed by atoms with Crippen LogP contribution in [0.2, 0.25) is 0 Å². The van der Waals surface area contributed by atoms with Gasteiger partial charge in [0.15, 0.2) is 0 Å². The third-order valence-corrected chi connectivity index (χ3v) is 3.33. The molecule has 80 valence electrons. The number of nitrogens with zero attached hydrogens (tertiary/aromatic N) is 1. The van der Waals surface area contributed by atoms with Crippen LogP contribution < -0.4 is 0 Å². The Kier molecular flexibility index (Phi) is 4.11. The Labute approximate surface area is 85.5 Å². The smallest absolute Gasteiger partial charge is 0.209 e. The summed E-state index contributed by atoms with van der Waals surface area (Å²) < 4.78 is 0. The molecule has 0 bridgehead atoms. The van der Waals surface area contributed by atoms with Gasteiger partial charge >= 0.3 is 0 Å². The maximum absolute atomic E-state index is 10.8. The van der Waals surface area contributed by atoms with Crippen molar-refractivity contribution in [1.29, 1.82) is 0 Å². The van der Waals surface area contributed by atoms with Crippen molar-refractivity contribution in [3.05, 3.63) is 0 Å². The van der Waals surface area contributed by atoms with Gasteiger partial charge in [-0.15, -0.1) is 0 Å². The van der Waals surface area contributed by atoms with Gasteiger partial charge in [-0.2, -0.15) is 0 Å². The van der Waals surface area contributed by atoms with Gasteiger partial charge in [0.25, 0.3) is 0 Å². The van der Waals surface area contributed by atoms with E-state index in [1.54, 1.807) is 0 Å². The predicted molar refractivity (Wildman–Crippen MR) is 54.8 cm³/mol. The first kappa shape index (κ1) is 11.2. The van der Waals surface area contributed by atoms with Gasteiger partial charge in [0.1, 0.15) is 6.29 Å². The van der Waals surface area contributed by atoms with Crippen LogP contribution in [0.1, 0.15) is 33.1 Å². The number of likely N-dealkylation sites (tertiary alicyclic amines) is 1. The molecule has 1 saturated heterocycles. The first-order valence-electron chi connectivity index (χ1n) is 5.40. The normalized spacial score (nSPS) is 25.9. The lowest BCUT2D eigenvalue weighted by molar-refractivity contribution is -0.121. The third kappa shape index (κ3) is 2.14. The fourth-order valence-electron chi connectivity index (χ4n) is 2.50. The molecule has 0 radical (unpaired) electrons. The molecule has 1 aliphatic rings. The van der Waals surface area contributed by atoms with Crippen LogP contribution in [-0.2, 0) is 9.59 Å². The molecule has 0 spiro atoms. The van der Waals surface area contributed by atoms with Gasteiger partial charge in [0.05, 0.1) is 0 Å². The zero-order valence-corrected chi connectivity index (χ0v) is 8.98. The summed E-state index contributed by atoms with van der Waals surface area (Å²) in [5, 5.41) is 0. The fourth-order valence-corrected chi connectivity index (χ4v) is 2.50. The highest BCUT2D eigenvalue weighted by Crippen LogP contribution is 2.29. The Morgan fingerprint density at radius 1 is 1.50 bits per heavy atom. The van der Waals surface area contributed by atoms with E-state index in [2.05, 4.69) is 6.92 Å². The summed E-state index contributed by atoms with van der Waals surface area (Å²) in [6.45, 7) is 4.89. The van der Waals surface area contributed by atoms with E-state index < -0.39 is 0 Å². The van der Waals surface area contributed by atoms with E-state index >= 15 is 0 Å². The quantitative estimate of drug-likeness (QED) is 0.626. The number of hydrogen-bond donors (Lipinski definition) is 0. The topological polar surface area (TPSA) is 37.4 Å². The van der Waals surface area contributed by atoms with Crippen LogP contribution in [0.3, 0.4) is 0 Å². The molecule has 1 fully saturated rings. The summed E-state index contributed by atoms with van der Waals surface area (Å²) in [6.07, 6.45) is 5.03. The van der Waals surface area contributed by atoms with Crippen LogP contribution in [0, 0.1) is 11.8 Å². The molecule has 0 saturated carbocycles. The van der Waals surface area contributed by atoms with Gasteiger partial charge in [-0.05, 0) is 18.8 Å². The number of hydrogen-bond acceptors (Lipinski definition) is 2.